The lowest BCUT2D eigenvalue weighted by molar-refractivity contribution is 0.189. The maximum absolute atomic E-state index is 13.6. The number of rotatable bonds is 3. The van der Waals surface area contributed by atoms with Crippen LogP contribution in [0.1, 0.15) is 62.0 Å². The van der Waals surface area contributed by atoms with E-state index in [4.69, 9.17) is 0 Å². The number of aryl methyl sites for hydroxylation is 1. The van der Waals surface area contributed by atoms with Crippen molar-refractivity contribution in [2.24, 2.45) is 0 Å². The van der Waals surface area contributed by atoms with Crippen molar-refractivity contribution in [3.05, 3.63) is 65.7 Å². The van der Waals surface area contributed by atoms with Crippen molar-refractivity contribution in [1.29, 1.82) is 0 Å². The van der Waals surface area contributed by atoms with Gasteiger partial charge in [-0.25, -0.2) is 8.42 Å². The van der Waals surface area contributed by atoms with Crippen LogP contribution in [0.25, 0.3) is 0 Å². The lowest BCUT2D eigenvalue weighted by atomic mass is 9.76. The molecule has 1 aliphatic heterocycles. The highest BCUT2D eigenvalue weighted by Gasteiger charge is 2.53. The smallest absolute Gasteiger partial charge is 0.207 e. The first-order chi connectivity index (χ1) is 13.0. The lowest BCUT2D eigenvalue weighted by Gasteiger charge is -2.41. The van der Waals surface area contributed by atoms with E-state index in [1.165, 1.54) is 18.4 Å². The van der Waals surface area contributed by atoms with Gasteiger partial charge in [0.15, 0.2) is 0 Å². The SMILES string of the molecule is Cc1ccc(S(=O)(=O)N2CCC(c3ccccc3)C23CCCCCC3)cc1. The van der Waals surface area contributed by atoms with E-state index < -0.39 is 10.0 Å². The molecule has 3 nitrogen and oxygen atoms in total. The Morgan fingerprint density at radius 1 is 0.889 bits per heavy atom. The number of sulfonamides is 1. The number of benzene rings is 2. The van der Waals surface area contributed by atoms with Crippen molar-refractivity contribution >= 4 is 10.0 Å². The average molecular weight is 384 g/mol. The normalized spacial score (nSPS) is 23.4. The van der Waals surface area contributed by atoms with Crippen LogP contribution in [-0.2, 0) is 10.0 Å². The maximum Gasteiger partial charge on any atom is 0.243 e. The molecule has 2 aliphatic rings. The monoisotopic (exact) mass is 383 g/mol. The summed E-state index contributed by atoms with van der Waals surface area (Å²) in [5.74, 6) is 0.289. The van der Waals surface area contributed by atoms with E-state index in [-0.39, 0.29) is 11.5 Å². The van der Waals surface area contributed by atoms with Crippen LogP contribution in [0.5, 0.6) is 0 Å². The molecule has 1 aliphatic carbocycles. The van der Waals surface area contributed by atoms with Crippen LogP contribution in [0.2, 0.25) is 0 Å². The molecule has 1 atom stereocenters. The van der Waals surface area contributed by atoms with Crippen molar-refractivity contribution in [1.82, 2.24) is 4.31 Å². The van der Waals surface area contributed by atoms with Crippen molar-refractivity contribution in [2.75, 3.05) is 6.54 Å². The van der Waals surface area contributed by atoms with Gasteiger partial charge in [-0.15, -0.1) is 0 Å². The molecule has 1 saturated heterocycles. The van der Waals surface area contributed by atoms with Gasteiger partial charge in [0.2, 0.25) is 10.0 Å². The molecule has 0 amide bonds. The molecule has 2 fully saturated rings. The van der Waals surface area contributed by atoms with Crippen LogP contribution < -0.4 is 0 Å². The van der Waals surface area contributed by atoms with Gasteiger partial charge in [0, 0.05) is 18.0 Å². The first-order valence-electron chi connectivity index (χ1n) is 10.2. The predicted octanol–water partition coefficient (Wildman–Crippen LogP) is 5.27. The molecule has 27 heavy (non-hydrogen) atoms. The molecule has 1 saturated carbocycles. The Hall–Kier alpha value is -1.65. The quantitative estimate of drug-likeness (QED) is 0.724. The van der Waals surface area contributed by atoms with E-state index in [1.807, 2.05) is 29.4 Å². The molecule has 144 valence electrons. The summed E-state index contributed by atoms with van der Waals surface area (Å²) in [6.45, 7) is 2.61. The van der Waals surface area contributed by atoms with Gasteiger partial charge in [0.05, 0.1) is 4.90 Å². The van der Waals surface area contributed by atoms with Crippen molar-refractivity contribution < 1.29 is 8.42 Å². The third-order valence-corrected chi connectivity index (χ3v) is 8.54. The van der Waals surface area contributed by atoms with Gasteiger partial charge in [0.25, 0.3) is 0 Å². The van der Waals surface area contributed by atoms with Crippen molar-refractivity contribution in [3.63, 3.8) is 0 Å². The highest BCUT2D eigenvalue weighted by Crippen LogP contribution is 2.51. The lowest BCUT2D eigenvalue weighted by Crippen LogP contribution is -2.49. The number of nitrogens with zero attached hydrogens (tertiary/aromatic N) is 1. The minimum atomic E-state index is -3.49. The third-order valence-electron chi connectivity index (χ3n) is 6.55. The van der Waals surface area contributed by atoms with Gasteiger partial charge in [-0.1, -0.05) is 73.7 Å². The molecular formula is C23H29NO2S. The summed E-state index contributed by atoms with van der Waals surface area (Å²) in [7, 11) is -3.49. The fourth-order valence-electron chi connectivity index (χ4n) is 5.21. The van der Waals surface area contributed by atoms with Gasteiger partial charge in [-0.05, 0) is 43.9 Å². The molecule has 0 bridgehead atoms. The molecule has 1 heterocycles. The molecule has 0 radical (unpaired) electrons. The Balaban J connectivity index is 1.78. The molecule has 4 rings (SSSR count). The topological polar surface area (TPSA) is 37.4 Å². The van der Waals surface area contributed by atoms with E-state index in [9.17, 15) is 8.42 Å². The summed E-state index contributed by atoms with van der Waals surface area (Å²) < 4.78 is 29.2. The highest BCUT2D eigenvalue weighted by molar-refractivity contribution is 7.89. The molecular weight excluding hydrogens is 354 g/mol. The minimum Gasteiger partial charge on any atom is -0.207 e. The van der Waals surface area contributed by atoms with Gasteiger partial charge in [-0.2, -0.15) is 4.31 Å². The summed E-state index contributed by atoms with van der Waals surface area (Å²) in [6, 6.07) is 17.9. The first-order valence-corrected chi connectivity index (χ1v) is 11.6. The zero-order valence-corrected chi connectivity index (χ0v) is 16.9. The van der Waals surface area contributed by atoms with Crippen LogP contribution in [0.4, 0.5) is 0 Å². The number of hydrogen-bond donors (Lipinski definition) is 0. The van der Waals surface area contributed by atoms with Crippen LogP contribution in [-0.4, -0.2) is 24.8 Å². The fourth-order valence-corrected chi connectivity index (χ4v) is 7.08. The maximum atomic E-state index is 13.6. The van der Waals surface area contributed by atoms with Gasteiger partial charge in [0.1, 0.15) is 0 Å². The third kappa shape index (κ3) is 3.34. The molecule has 1 unspecified atom stereocenters. The Bertz CT molecular complexity index is 866. The molecule has 1 spiro atoms. The first kappa shape index (κ1) is 18.7. The Labute approximate surface area is 163 Å². The van der Waals surface area contributed by atoms with Crippen molar-refractivity contribution in [2.45, 2.75) is 68.2 Å². The Kier molecular flexibility index (Phi) is 5.13. The van der Waals surface area contributed by atoms with E-state index in [0.29, 0.717) is 11.4 Å². The zero-order valence-electron chi connectivity index (χ0n) is 16.1. The van der Waals surface area contributed by atoms with Crippen LogP contribution in [0, 0.1) is 6.92 Å². The molecule has 0 aromatic heterocycles. The van der Waals surface area contributed by atoms with E-state index in [1.54, 1.807) is 12.1 Å². The largest absolute Gasteiger partial charge is 0.243 e. The summed E-state index contributed by atoms with van der Waals surface area (Å²) in [5.41, 5.74) is 2.10. The summed E-state index contributed by atoms with van der Waals surface area (Å²) in [4.78, 5) is 0.436. The predicted molar refractivity (Wildman–Crippen MR) is 109 cm³/mol. The minimum absolute atomic E-state index is 0.276. The Morgan fingerprint density at radius 3 is 2.15 bits per heavy atom. The van der Waals surface area contributed by atoms with E-state index in [0.717, 1.165) is 37.7 Å². The summed E-state index contributed by atoms with van der Waals surface area (Å²) in [5, 5.41) is 0. The van der Waals surface area contributed by atoms with Gasteiger partial charge < -0.3 is 0 Å². The van der Waals surface area contributed by atoms with Crippen LogP contribution in [0.3, 0.4) is 0 Å². The molecule has 2 aromatic carbocycles. The molecule has 4 heteroatoms. The second-order valence-electron chi connectivity index (χ2n) is 8.16. The van der Waals surface area contributed by atoms with Crippen LogP contribution in [0.15, 0.2) is 59.5 Å². The zero-order chi connectivity index (χ0) is 18.9. The van der Waals surface area contributed by atoms with Crippen molar-refractivity contribution in [3.8, 4) is 0 Å². The summed E-state index contributed by atoms with van der Waals surface area (Å²) >= 11 is 0. The summed E-state index contributed by atoms with van der Waals surface area (Å²) in [6.07, 6.45) is 7.50. The molecule has 2 aromatic rings. The van der Waals surface area contributed by atoms with Gasteiger partial charge >= 0.3 is 0 Å². The number of hydrogen-bond acceptors (Lipinski definition) is 2. The van der Waals surface area contributed by atoms with E-state index in [2.05, 4.69) is 24.3 Å². The van der Waals surface area contributed by atoms with Crippen LogP contribution >= 0.6 is 0 Å². The fraction of sp³-hybridized carbons (Fsp3) is 0.478. The second kappa shape index (κ2) is 7.40. The van der Waals surface area contributed by atoms with Gasteiger partial charge in [-0.3, -0.25) is 0 Å². The molecule has 0 N–H and O–H groups in total. The second-order valence-corrected chi connectivity index (χ2v) is 10.0. The highest BCUT2D eigenvalue weighted by atomic mass is 32.2. The standard InChI is InChI=1S/C23H29NO2S/c1-19-11-13-21(14-12-19)27(25,26)24-18-15-22(20-9-5-4-6-10-20)23(24)16-7-2-3-8-17-23/h4-6,9-14,22H,2-3,7-8,15-18H2,1H3. The Morgan fingerprint density at radius 2 is 1.52 bits per heavy atom. The van der Waals surface area contributed by atoms with E-state index >= 15 is 0 Å². The average Bonchev–Trinajstić information content (AvgIpc) is 2.87.